The second kappa shape index (κ2) is 5.46. The van der Waals surface area contributed by atoms with E-state index in [-0.39, 0.29) is 11.5 Å². The predicted octanol–water partition coefficient (Wildman–Crippen LogP) is 3.22. The maximum atomic E-state index is 10.3. The van der Waals surface area contributed by atoms with Crippen LogP contribution in [0.1, 0.15) is 11.1 Å². The van der Waals surface area contributed by atoms with Crippen LogP contribution >= 0.6 is 15.9 Å². The predicted molar refractivity (Wildman–Crippen MR) is 83.2 cm³/mol. The van der Waals surface area contributed by atoms with Crippen LogP contribution in [0, 0.1) is 0 Å². The fourth-order valence-corrected chi connectivity index (χ4v) is 3.26. The Bertz CT molecular complexity index is 655. The van der Waals surface area contributed by atoms with E-state index in [4.69, 9.17) is 0 Å². The molecule has 3 N–H and O–H groups in total. The van der Waals surface area contributed by atoms with Crippen LogP contribution in [0.25, 0.3) is 11.1 Å². The van der Waals surface area contributed by atoms with Gasteiger partial charge in [-0.05, 0) is 54.8 Å². The Balaban J connectivity index is 2.29. The van der Waals surface area contributed by atoms with Gasteiger partial charge in [-0.1, -0.05) is 34.1 Å². The average Bonchev–Trinajstić information content (AvgIpc) is 2.67. The van der Waals surface area contributed by atoms with Crippen LogP contribution in [-0.2, 0) is 12.8 Å². The molecule has 3 rings (SSSR count). The van der Waals surface area contributed by atoms with Crippen molar-refractivity contribution in [1.82, 2.24) is 5.32 Å². The molecule has 3 nitrogen and oxygen atoms in total. The Morgan fingerprint density at radius 3 is 2.60 bits per heavy atom. The van der Waals surface area contributed by atoms with Crippen LogP contribution in [0.15, 0.2) is 34.8 Å². The van der Waals surface area contributed by atoms with Crippen molar-refractivity contribution >= 4 is 15.9 Å². The third kappa shape index (κ3) is 2.30. The van der Waals surface area contributed by atoms with Gasteiger partial charge in [0, 0.05) is 10.0 Å². The van der Waals surface area contributed by atoms with Crippen molar-refractivity contribution in [3.63, 3.8) is 0 Å². The molecule has 0 unspecified atom stereocenters. The number of phenolic OH excluding ortho intramolecular Hbond substituents is 2. The van der Waals surface area contributed by atoms with Crippen molar-refractivity contribution in [2.24, 2.45) is 0 Å². The largest absolute Gasteiger partial charge is 0.504 e. The van der Waals surface area contributed by atoms with Gasteiger partial charge in [0.1, 0.15) is 0 Å². The maximum Gasteiger partial charge on any atom is 0.165 e. The molecule has 1 heterocycles. The molecule has 0 saturated heterocycles. The minimum atomic E-state index is -0.0450. The van der Waals surface area contributed by atoms with E-state index in [0.717, 1.165) is 52.7 Å². The van der Waals surface area contributed by atoms with Crippen LogP contribution in [0.2, 0.25) is 0 Å². The van der Waals surface area contributed by atoms with Gasteiger partial charge in [0.2, 0.25) is 0 Å². The summed E-state index contributed by atoms with van der Waals surface area (Å²) in [4.78, 5) is 0. The van der Waals surface area contributed by atoms with Crippen molar-refractivity contribution in [3.05, 3.63) is 45.9 Å². The molecule has 4 heteroatoms. The monoisotopic (exact) mass is 333 g/mol. The lowest BCUT2D eigenvalue weighted by Gasteiger charge is -2.17. The van der Waals surface area contributed by atoms with Crippen LogP contribution < -0.4 is 5.32 Å². The molecular weight excluding hydrogens is 318 g/mol. The van der Waals surface area contributed by atoms with Crippen molar-refractivity contribution in [2.75, 3.05) is 13.1 Å². The smallest absolute Gasteiger partial charge is 0.165 e. The highest BCUT2D eigenvalue weighted by molar-refractivity contribution is 9.10. The fraction of sp³-hybridized carbons (Fsp3) is 0.250. The Hall–Kier alpha value is -1.52. The van der Waals surface area contributed by atoms with Crippen molar-refractivity contribution < 1.29 is 10.2 Å². The van der Waals surface area contributed by atoms with E-state index in [0.29, 0.717) is 0 Å². The summed E-state index contributed by atoms with van der Waals surface area (Å²) in [7, 11) is 0. The number of hydrogen-bond donors (Lipinski definition) is 3. The molecule has 2 aromatic carbocycles. The van der Waals surface area contributed by atoms with Gasteiger partial charge in [0.25, 0.3) is 0 Å². The summed E-state index contributed by atoms with van der Waals surface area (Å²) in [6.45, 7) is 1.78. The van der Waals surface area contributed by atoms with E-state index in [1.165, 1.54) is 0 Å². The second-order valence-electron chi connectivity index (χ2n) is 4.99. The first-order chi connectivity index (χ1) is 9.68. The summed E-state index contributed by atoms with van der Waals surface area (Å²) >= 11 is 3.53. The van der Waals surface area contributed by atoms with Gasteiger partial charge < -0.3 is 15.5 Å². The lowest BCUT2D eigenvalue weighted by Crippen LogP contribution is -2.16. The lowest BCUT2D eigenvalue weighted by atomic mass is 9.91. The first-order valence-electron chi connectivity index (χ1n) is 6.71. The molecule has 104 valence electrons. The third-order valence-electron chi connectivity index (χ3n) is 3.75. The summed E-state index contributed by atoms with van der Waals surface area (Å²) < 4.78 is 0.917. The zero-order valence-corrected chi connectivity index (χ0v) is 12.6. The highest BCUT2D eigenvalue weighted by Gasteiger charge is 2.21. The molecule has 0 atom stereocenters. The topological polar surface area (TPSA) is 52.5 Å². The molecule has 1 aliphatic heterocycles. The molecule has 1 aliphatic rings. The average molecular weight is 334 g/mol. The molecule has 0 radical (unpaired) electrons. The van der Waals surface area contributed by atoms with Gasteiger partial charge >= 0.3 is 0 Å². The summed E-state index contributed by atoms with van der Waals surface area (Å²) in [6, 6.07) is 9.47. The van der Waals surface area contributed by atoms with E-state index in [1.807, 2.05) is 24.3 Å². The molecule has 20 heavy (non-hydrogen) atoms. The van der Waals surface area contributed by atoms with Gasteiger partial charge in [0.15, 0.2) is 11.5 Å². The Kier molecular flexibility index (Phi) is 3.68. The highest BCUT2D eigenvalue weighted by Crippen LogP contribution is 2.44. The molecule has 0 spiro atoms. The number of rotatable bonds is 1. The summed E-state index contributed by atoms with van der Waals surface area (Å²) in [5, 5.41) is 23.7. The molecule has 0 aromatic heterocycles. The minimum Gasteiger partial charge on any atom is -0.504 e. The number of nitrogens with one attached hydrogen (secondary N) is 1. The number of benzene rings is 2. The standard InChI is InChI=1S/C16H16BrNO2/c17-13-4-2-1-3-12(13)15-11-6-8-18-7-5-10(11)9-14(19)16(15)20/h1-4,9,18-20H,5-8H2. The van der Waals surface area contributed by atoms with E-state index < -0.39 is 0 Å². The summed E-state index contributed by atoms with van der Waals surface area (Å²) in [6.07, 6.45) is 1.71. The second-order valence-corrected chi connectivity index (χ2v) is 5.84. The number of hydrogen-bond acceptors (Lipinski definition) is 3. The normalized spacial score (nSPS) is 14.7. The molecule has 0 saturated carbocycles. The zero-order chi connectivity index (χ0) is 14.1. The van der Waals surface area contributed by atoms with Crippen LogP contribution in [0.4, 0.5) is 0 Å². The first-order valence-corrected chi connectivity index (χ1v) is 7.50. The molecule has 0 bridgehead atoms. The first kappa shape index (κ1) is 13.5. The lowest BCUT2D eigenvalue weighted by molar-refractivity contribution is 0.404. The third-order valence-corrected chi connectivity index (χ3v) is 4.44. The van der Waals surface area contributed by atoms with Crippen molar-refractivity contribution in [1.29, 1.82) is 0 Å². The van der Waals surface area contributed by atoms with Crippen molar-refractivity contribution in [2.45, 2.75) is 12.8 Å². The molecule has 0 fully saturated rings. The van der Waals surface area contributed by atoms with Gasteiger partial charge in [-0.25, -0.2) is 0 Å². The van der Waals surface area contributed by atoms with Gasteiger partial charge in [-0.15, -0.1) is 0 Å². The minimum absolute atomic E-state index is 0.0300. The number of aromatic hydroxyl groups is 2. The van der Waals surface area contributed by atoms with Crippen molar-refractivity contribution in [3.8, 4) is 22.6 Å². The Morgan fingerprint density at radius 1 is 1.05 bits per heavy atom. The summed E-state index contributed by atoms with van der Waals surface area (Å²) in [5.41, 5.74) is 3.89. The van der Waals surface area contributed by atoms with E-state index in [1.54, 1.807) is 6.07 Å². The quantitative estimate of drug-likeness (QED) is 0.702. The molecule has 0 aliphatic carbocycles. The highest BCUT2D eigenvalue weighted by atomic mass is 79.9. The van der Waals surface area contributed by atoms with Gasteiger partial charge in [-0.2, -0.15) is 0 Å². The van der Waals surface area contributed by atoms with Crippen LogP contribution in [-0.4, -0.2) is 23.3 Å². The van der Waals surface area contributed by atoms with E-state index in [2.05, 4.69) is 21.2 Å². The van der Waals surface area contributed by atoms with E-state index >= 15 is 0 Å². The fourth-order valence-electron chi connectivity index (χ4n) is 2.78. The number of halogens is 1. The molecule has 2 aromatic rings. The zero-order valence-electron chi connectivity index (χ0n) is 11.0. The van der Waals surface area contributed by atoms with Gasteiger partial charge in [-0.3, -0.25) is 0 Å². The van der Waals surface area contributed by atoms with Gasteiger partial charge in [0.05, 0.1) is 0 Å². The maximum absolute atomic E-state index is 10.3. The number of fused-ring (bicyclic) bond motifs is 1. The van der Waals surface area contributed by atoms with E-state index in [9.17, 15) is 10.2 Å². The van der Waals surface area contributed by atoms with Crippen LogP contribution in [0.3, 0.4) is 0 Å². The Labute approximate surface area is 126 Å². The SMILES string of the molecule is Oc1cc2c(c(-c3ccccc3Br)c1O)CCNCC2. The number of phenols is 2. The summed E-state index contributed by atoms with van der Waals surface area (Å²) in [5.74, 6) is -0.0750. The Morgan fingerprint density at radius 2 is 1.80 bits per heavy atom. The van der Waals surface area contributed by atoms with Crippen LogP contribution in [0.5, 0.6) is 11.5 Å². The molecular formula is C16H16BrNO2. The molecule has 0 amide bonds.